The second kappa shape index (κ2) is 3.91. The minimum absolute atomic E-state index is 0.183. The van der Waals surface area contributed by atoms with E-state index in [1.807, 2.05) is 6.07 Å². The third-order valence-electron chi connectivity index (χ3n) is 3.01. The molecule has 82 valence electrons. The molecule has 1 aliphatic heterocycles. The first kappa shape index (κ1) is 10.6. The summed E-state index contributed by atoms with van der Waals surface area (Å²) in [6, 6.07) is 5.33. The highest BCUT2D eigenvalue weighted by Crippen LogP contribution is 2.23. The van der Waals surface area contributed by atoms with Gasteiger partial charge >= 0.3 is 0 Å². The molecule has 0 radical (unpaired) electrons. The Balaban J connectivity index is 2.20. The van der Waals surface area contributed by atoms with E-state index < -0.39 is 5.60 Å². The summed E-state index contributed by atoms with van der Waals surface area (Å²) in [7, 11) is 0. The van der Waals surface area contributed by atoms with Crippen molar-refractivity contribution in [3.05, 3.63) is 35.1 Å². The van der Waals surface area contributed by atoms with Crippen molar-refractivity contribution < 1.29 is 9.50 Å². The van der Waals surface area contributed by atoms with Gasteiger partial charge in [0.15, 0.2) is 0 Å². The summed E-state index contributed by atoms with van der Waals surface area (Å²) in [4.78, 5) is 0. The number of benzene rings is 1. The van der Waals surface area contributed by atoms with Gasteiger partial charge in [-0.1, -0.05) is 18.2 Å². The molecular weight excluding hydrogens is 193 g/mol. The van der Waals surface area contributed by atoms with Crippen LogP contribution in [0.4, 0.5) is 4.39 Å². The van der Waals surface area contributed by atoms with Gasteiger partial charge in [0.05, 0.1) is 5.60 Å². The highest BCUT2D eigenvalue weighted by Gasteiger charge is 2.31. The summed E-state index contributed by atoms with van der Waals surface area (Å²) >= 11 is 0. The van der Waals surface area contributed by atoms with Crippen molar-refractivity contribution in [3.8, 4) is 0 Å². The van der Waals surface area contributed by atoms with E-state index in [4.69, 9.17) is 0 Å². The first-order valence-corrected chi connectivity index (χ1v) is 5.28. The minimum Gasteiger partial charge on any atom is -0.388 e. The molecule has 1 aromatic rings. The number of rotatable bonds is 2. The van der Waals surface area contributed by atoms with Crippen LogP contribution in [0.2, 0.25) is 0 Å². The van der Waals surface area contributed by atoms with Crippen molar-refractivity contribution >= 4 is 0 Å². The molecule has 3 heteroatoms. The number of nitrogens with one attached hydrogen (secondary N) is 1. The Kier molecular flexibility index (Phi) is 2.76. The maximum atomic E-state index is 13.7. The summed E-state index contributed by atoms with van der Waals surface area (Å²) < 4.78 is 13.7. The largest absolute Gasteiger partial charge is 0.388 e. The lowest BCUT2D eigenvalue weighted by Gasteiger charge is -2.21. The number of halogens is 1. The van der Waals surface area contributed by atoms with Gasteiger partial charge < -0.3 is 10.4 Å². The standard InChI is InChI=1S/C12H16FNO/c1-9-3-2-4-10(11(9)13)7-12(15)5-6-14-8-12/h2-4,14-15H,5-8H2,1H3. The summed E-state index contributed by atoms with van der Waals surface area (Å²) in [6.45, 7) is 3.11. The summed E-state index contributed by atoms with van der Waals surface area (Å²) in [5.74, 6) is -0.183. The molecule has 0 aromatic heterocycles. The van der Waals surface area contributed by atoms with E-state index in [9.17, 15) is 9.50 Å². The van der Waals surface area contributed by atoms with Crippen LogP contribution < -0.4 is 5.32 Å². The third-order valence-corrected chi connectivity index (χ3v) is 3.01. The maximum absolute atomic E-state index is 13.7. The number of hydrogen-bond donors (Lipinski definition) is 2. The van der Waals surface area contributed by atoms with E-state index in [1.165, 1.54) is 0 Å². The summed E-state index contributed by atoms with van der Waals surface area (Å²) in [6.07, 6.45) is 1.09. The van der Waals surface area contributed by atoms with Crippen molar-refractivity contribution in [3.63, 3.8) is 0 Å². The first-order chi connectivity index (χ1) is 7.11. The minimum atomic E-state index is -0.769. The average molecular weight is 209 g/mol. The SMILES string of the molecule is Cc1cccc(CC2(O)CCNC2)c1F. The predicted octanol–water partition coefficient (Wildman–Crippen LogP) is 1.40. The van der Waals surface area contributed by atoms with Crippen LogP contribution >= 0.6 is 0 Å². The molecule has 1 atom stereocenters. The van der Waals surface area contributed by atoms with Crippen LogP contribution in [0.1, 0.15) is 17.5 Å². The van der Waals surface area contributed by atoms with E-state index >= 15 is 0 Å². The molecule has 2 rings (SSSR count). The Morgan fingerprint density at radius 3 is 3.00 bits per heavy atom. The molecule has 1 heterocycles. The lowest BCUT2D eigenvalue weighted by atomic mass is 9.93. The molecule has 2 N–H and O–H groups in total. The molecule has 1 unspecified atom stereocenters. The molecule has 1 fully saturated rings. The van der Waals surface area contributed by atoms with Gasteiger partial charge in [0.1, 0.15) is 5.82 Å². The van der Waals surface area contributed by atoms with Crippen LogP contribution in [0.15, 0.2) is 18.2 Å². The van der Waals surface area contributed by atoms with Crippen LogP contribution in [-0.4, -0.2) is 23.8 Å². The highest BCUT2D eigenvalue weighted by molar-refractivity contribution is 5.26. The van der Waals surface area contributed by atoms with Crippen LogP contribution in [0.5, 0.6) is 0 Å². The van der Waals surface area contributed by atoms with Crippen LogP contribution in [0, 0.1) is 12.7 Å². The fourth-order valence-corrected chi connectivity index (χ4v) is 2.08. The maximum Gasteiger partial charge on any atom is 0.129 e. The number of aliphatic hydroxyl groups is 1. The Morgan fingerprint density at radius 1 is 1.53 bits per heavy atom. The number of aryl methyl sites for hydroxylation is 1. The molecule has 15 heavy (non-hydrogen) atoms. The van der Waals surface area contributed by atoms with Crippen molar-refractivity contribution in [1.82, 2.24) is 5.32 Å². The van der Waals surface area contributed by atoms with Gasteiger partial charge in [-0.15, -0.1) is 0 Å². The van der Waals surface area contributed by atoms with E-state index in [0.717, 1.165) is 6.54 Å². The van der Waals surface area contributed by atoms with Crippen molar-refractivity contribution in [2.45, 2.75) is 25.4 Å². The van der Waals surface area contributed by atoms with Crippen LogP contribution in [0.3, 0.4) is 0 Å². The first-order valence-electron chi connectivity index (χ1n) is 5.28. The van der Waals surface area contributed by atoms with Crippen LogP contribution in [0.25, 0.3) is 0 Å². The topological polar surface area (TPSA) is 32.3 Å². The van der Waals surface area contributed by atoms with Gasteiger partial charge in [-0.3, -0.25) is 0 Å². The molecule has 0 bridgehead atoms. The molecule has 1 aromatic carbocycles. The summed E-state index contributed by atoms with van der Waals surface area (Å²) in [5, 5.41) is 13.2. The fraction of sp³-hybridized carbons (Fsp3) is 0.500. The fourth-order valence-electron chi connectivity index (χ4n) is 2.08. The second-order valence-electron chi connectivity index (χ2n) is 4.38. The van der Waals surface area contributed by atoms with Gasteiger partial charge in [-0.05, 0) is 31.0 Å². The van der Waals surface area contributed by atoms with Crippen molar-refractivity contribution in [2.75, 3.05) is 13.1 Å². The number of hydrogen-bond acceptors (Lipinski definition) is 2. The second-order valence-corrected chi connectivity index (χ2v) is 4.38. The molecule has 0 saturated carbocycles. The zero-order valence-electron chi connectivity index (χ0n) is 8.89. The van der Waals surface area contributed by atoms with Crippen molar-refractivity contribution in [1.29, 1.82) is 0 Å². The molecule has 0 aliphatic carbocycles. The van der Waals surface area contributed by atoms with Gasteiger partial charge in [-0.25, -0.2) is 4.39 Å². The average Bonchev–Trinajstić information content (AvgIpc) is 2.60. The normalized spacial score (nSPS) is 25.8. The van der Waals surface area contributed by atoms with Gasteiger partial charge in [0.25, 0.3) is 0 Å². The lowest BCUT2D eigenvalue weighted by Crippen LogP contribution is -2.34. The zero-order chi connectivity index (χ0) is 10.9. The molecule has 0 spiro atoms. The quantitative estimate of drug-likeness (QED) is 0.771. The van der Waals surface area contributed by atoms with Gasteiger partial charge in [-0.2, -0.15) is 0 Å². The Bertz CT molecular complexity index is 359. The van der Waals surface area contributed by atoms with Crippen molar-refractivity contribution in [2.24, 2.45) is 0 Å². The van der Waals surface area contributed by atoms with Crippen LogP contribution in [-0.2, 0) is 6.42 Å². The molecule has 2 nitrogen and oxygen atoms in total. The predicted molar refractivity (Wildman–Crippen MR) is 57.3 cm³/mol. The Labute approximate surface area is 89.1 Å². The Morgan fingerprint density at radius 2 is 2.33 bits per heavy atom. The van der Waals surface area contributed by atoms with E-state index in [-0.39, 0.29) is 5.82 Å². The third kappa shape index (κ3) is 2.19. The lowest BCUT2D eigenvalue weighted by molar-refractivity contribution is 0.0610. The van der Waals surface area contributed by atoms with Gasteiger partial charge in [0.2, 0.25) is 0 Å². The smallest absolute Gasteiger partial charge is 0.129 e. The summed E-state index contributed by atoms with van der Waals surface area (Å²) in [5.41, 5.74) is 0.484. The van der Waals surface area contributed by atoms with E-state index in [1.54, 1.807) is 19.1 Å². The molecule has 1 aliphatic rings. The molecule has 0 amide bonds. The molecule has 1 saturated heterocycles. The Hall–Kier alpha value is -0.930. The van der Waals surface area contributed by atoms with E-state index in [2.05, 4.69) is 5.32 Å². The zero-order valence-corrected chi connectivity index (χ0v) is 8.89. The molecular formula is C12H16FNO. The monoisotopic (exact) mass is 209 g/mol. The number of β-amino-alcohol motifs (C(OH)–C–C–N with tert-alkyl or cyclic N) is 1. The highest BCUT2D eigenvalue weighted by atomic mass is 19.1. The van der Waals surface area contributed by atoms with E-state index in [0.29, 0.717) is 30.5 Å². The van der Waals surface area contributed by atoms with Gasteiger partial charge in [0, 0.05) is 13.0 Å².